The van der Waals surface area contributed by atoms with Gasteiger partial charge in [-0.25, -0.2) is 8.42 Å². The Morgan fingerprint density at radius 2 is 1.50 bits per heavy atom. The van der Waals surface area contributed by atoms with Crippen LogP contribution in [0.5, 0.6) is 0 Å². The zero-order valence-corrected chi connectivity index (χ0v) is 22.4. The highest BCUT2D eigenvalue weighted by Gasteiger charge is 2.33. The topological polar surface area (TPSA) is 86.8 Å². The van der Waals surface area contributed by atoms with Crippen LogP contribution in [0.15, 0.2) is 77.7 Å². The molecule has 0 spiro atoms. The Labute approximate surface area is 221 Å². The Hall–Kier alpha value is -3.07. The highest BCUT2D eigenvalue weighted by Crippen LogP contribution is 2.29. The Balaban J connectivity index is 2.07. The number of nitrogens with one attached hydrogen (secondary N) is 1. The lowest BCUT2D eigenvalue weighted by molar-refractivity contribution is -0.139. The van der Waals surface area contributed by atoms with E-state index in [4.69, 9.17) is 23.2 Å². The lowest BCUT2D eigenvalue weighted by atomic mass is 10.1. The second-order valence-corrected chi connectivity index (χ2v) is 10.8. The van der Waals surface area contributed by atoms with Crippen molar-refractivity contribution in [3.8, 4) is 0 Å². The normalized spacial score (nSPS) is 12.0. The van der Waals surface area contributed by atoms with Crippen molar-refractivity contribution in [3.05, 3.63) is 94.0 Å². The van der Waals surface area contributed by atoms with Crippen LogP contribution in [-0.4, -0.2) is 44.8 Å². The molecule has 0 bridgehead atoms. The number of para-hydroxylation sites is 1. The number of hydrogen-bond donors (Lipinski definition) is 1. The highest BCUT2D eigenvalue weighted by molar-refractivity contribution is 7.92. The van der Waals surface area contributed by atoms with E-state index in [9.17, 15) is 18.0 Å². The van der Waals surface area contributed by atoms with Gasteiger partial charge in [-0.15, -0.1) is 0 Å². The second-order valence-electron chi connectivity index (χ2n) is 8.12. The van der Waals surface area contributed by atoms with Gasteiger partial charge in [0.05, 0.1) is 10.6 Å². The maximum atomic E-state index is 13.8. The van der Waals surface area contributed by atoms with Crippen LogP contribution in [0.3, 0.4) is 0 Å². The molecule has 0 heterocycles. The maximum Gasteiger partial charge on any atom is 0.264 e. The van der Waals surface area contributed by atoms with Crippen LogP contribution in [0.4, 0.5) is 5.69 Å². The van der Waals surface area contributed by atoms with Gasteiger partial charge in [-0.2, -0.15) is 0 Å². The summed E-state index contributed by atoms with van der Waals surface area (Å²) in [6, 6.07) is 18.8. The largest absolute Gasteiger partial charge is 0.357 e. The van der Waals surface area contributed by atoms with Gasteiger partial charge in [0.1, 0.15) is 12.6 Å². The molecule has 3 aromatic carbocycles. The standard InChI is InChI=1S/C26H27Cl2N3O4S/c1-18-10-7-8-15-24(18)31(36(34,35)20-11-5-4-6-12-20)17-25(32)30(19(2)26(33)29-3)16-21-22(27)13-9-14-23(21)28/h4-15,19H,16-17H2,1-3H3,(H,29,33)/t19-/m0/s1. The summed E-state index contributed by atoms with van der Waals surface area (Å²) in [6.07, 6.45) is 0. The lowest BCUT2D eigenvalue weighted by Gasteiger charge is -2.32. The number of benzene rings is 3. The summed E-state index contributed by atoms with van der Waals surface area (Å²) in [4.78, 5) is 27.6. The van der Waals surface area contributed by atoms with Crippen molar-refractivity contribution in [3.63, 3.8) is 0 Å². The van der Waals surface area contributed by atoms with E-state index in [1.807, 2.05) is 0 Å². The van der Waals surface area contributed by atoms with Crippen LogP contribution in [-0.2, 0) is 26.2 Å². The van der Waals surface area contributed by atoms with Gasteiger partial charge in [0.2, 0.25) is 11.8 Å². The number of halogens is 2. The Bertz CT molecular complexity index is 1330. The van der Waals surface area contributed by atoms with Crippen molar-refractivity contribution in [2.24, 2.45) is 0 Å². The fourth-order valence-corrected chi connectivity index (χ4v) is 5.74. The summed E-state index contributed by atoms with van der Waals surface area (Å²) >= 11 is 12.7. The monoisotopic (exact) mass is 547 g/mol. The molecule has 0 fully saturated rings. The van der Waals surface area contributed by atoms with Gasteiger partial charge in [0, 0.05) is 29.2 Å². The Kier molecular flexibility index (Phi) is 9.00. The van der Waals surface area contributed by atoms with E-state index in [1.165, 1.54) is 24.1 Å². The first-order valence-corrected chi connectivity index (χ1v) is 13.3. The molecular formula is C26H27Cl2N3O4S. The first kappa shape index (κ1) is 27.5. The summed E-state index contributed by atoms with van der Waals surface area (Å²) in [7, 11) is -2.65. The van der Waals surface area contributed by atoms with Crippen LogP contribution in [0, 0.1) is 6.92 Å². The highest BCUT2D eigenvalue weighted by atomic mass is 35.5. The average molecular weight is 548 g/mol. The number of anilines is 1. The summed E-state index contributed by atoms with van der Waals surface area (Å²) in [5.74, 6) is -1.01. The van der Waals surface area contributed by atoms with Crippen LogP contribution in [0.2, 0.25) is 10.0 Å². The van der Waals surface area contributed by atoms with Crippen LogP contribution in [0.1, 0.15) is 18.1 Å². The quantitative estimate of drug-likeness (QED) is 0.422. The molecule has 0 saturated heterocycles. The number of aryl methyl sites for hydroxylation is 1. The van der Waals surface area contributed by atoms with Gasteiger partial charge in [-0.1, -0.05) is 65.7 Å². The maximum absolute atomic E-state index is 13.8. The molecule has 0 saturated carbocycles. The predicted molar refractivity (Wildman–Crippen MR) is 143 cm³/mol. The minimum atomic E-state index is -4.11. The summed E-state index contributed by atoms with van der Waals surface area (Å²) in [5.41, 5.74) is 1.49. The fourth-order valence-electron chi connectivity index (χ4n) is 3.72. The fraction of sp³-hybridized carbons (Fsp3) is 0.231. The lowest BCUT2D eigenvalue weighted by Crippen LogP contribution is -2.50. The van der Waals surface area contributed by atoms with E-state index in [0.29, 0.717) is 26.9 Å². The van der Waals surface area contributed by atoms with Gasteiger partial charge in [-0.05, 0) is 49.7 Å². The number of rotatable bonds is 9. The van der Waals surface area contributed by atoms with E-state index in [0.717, 1.165) is 4.31 Å². The SMILES string of the molecule is CNC(=O)[C@H](C)N(Cc1c(Cl)cccc1Cl)C(=O)CN(c1ccccc1C)S(=O)(=O)c1ccccc1. The second kappa shape index (κ2) is 11.8. The number of carbonyl (C=O) groups is 2. The first-order chi connectivity index (χ1) is 17.1. The zero-order chi connectivity index (χ0) is 26.5. The van der Waals surface area contributed by atoms with Crippen LogP contribution in [0.25, 0.3) is 0 Å². The predicted octanol–water partition coefficient (Wildman–Crippen LogP) is 4.66. The molecule has 0 aliphatic heterocycles. The number of carbonyl (C=O) groups excluding carboxylic acids is 2. The Morgan fingerprint density at radius 1 is 0.917 bits per heavy atom. The van der Waals surface area contributed by atoms with E-state index < -0.39 is 34.4 Å². The molecule has 36 heavy (non-hydrogen) atoms. The van der Waals surface area contributed by atoms with E-state index in [-0.39, 0.29) is 11.4 Å². The number of likely N-dealkylation sites (N-methyl/N-ethyl adjacent to an activating group) is 1. The van der Waals surface area contributed by atoms with Crippen molar-refractivity contribution in [2.75, 3.05) is 17.9 Å². The molecule has 0 aliphatic carbocycles. The van der Waals surface area contributed by atoms with Crippen LogP contribution < -0.4 is 9.62 Å². The molecule has 0 unspecified atom stereocenters. The van der Waals surface area contributed by atoms with E-state index in [1.54, 1.807) is 74.5 Å². The van der Waals surface area contributed by atoms with Gasteiger partial charge in [0.25, 0.3) is 10.0 Å². The number of hydrogen-bond acceptors (Lipinski definition) is 4. The van der Waals surface area contributed by atoms with Crippen molar-refractivity contribution < 1.29 is 18.0 Å². The van der Waals surface area contributed by atoms with Crippen molar-refractivity contribution in [1.82, 2.24) is 10.2 Å². The summed E-state index contributed by atoms with van der Waals surface area (Å²) in [5, 5.41) is 3.20. The van der Waals surface area contributed by atoms with Crippen molar-refractivity contribution >= 4 is 50.7 Å². The molecule has 10 heteroatoms. The number of amides is 2. The molecule has 190 valence electrons. The number of sulfonamides is 1. The molecule has 2 amide bonds. The summed E-state index contributed by atoms with van der Waals surface area (Å²) < 4.78 is 28.5. The third kappa shape index (κ3) is 6.00. The van der Waals surface area contributed by atoms with E-state index in [2.05, 4.69) is 5.32 Å². The molecule has 7 nitrogen and oxygen atoms in total. The van der Waals surface area contributed by atoms with Gasteiger partial charge in [0.15, 0.2) is 0 Å². The Morgan fingerprint density at radius 3 is 2.08 bits per heavy atom. The molecule has 0 radical (unpaired) electrons. The minimum Gasteiger partial charge on any atom is -0.357 e. The van der Waals surface area contributed by atoms with Gasteiger partial charge in [-0.3, -0.25) is 13.9 Å². The van der Waals surface area contributed by atoms with Crippen LogP contribution >= 0.6 is 23.2 Å². The molecule has 1 atom stereocenters. The molecule has 1 N–H and O–H groups in total. The molecular weight excluding hydrogens is 521 g/mol. The smallest absolute Gasteiger partial charge is 0.264 e. The van der Waals surface area contributed by atoms with Gasteiger partial charge < -0.3 is 10.2 Å². The molecule has 3 rings (SSSR count). The van der Waals surface area contributed by atoms with E-state index >= 15 is 0 Å². The average Bonchev–Trinajstić information content (AvgIpc) is 2.87. The van der Waals surface area contributed by atoms with Gasteiger partial charge >= 0.3 is 0 Å². The summed E-state index contributed by atoms with van der Waals surface area (Å²) in [6.45, 7) is 2.71. The van der Waals surface area contributed by atoms with Crippen molar-refractivity contribution in [1.29, 1.82) is 0 Å². The number of nitrogens with zero attached hydrogens (tertiary/aromatic N) is 2. The molecule has 3 aromatic rings. The first-order valence-electron chi connectivity index (χ1n) is 11.1. The third-order valence-electron chi connectivity index (χ3n) is 5.80. The third-order valence-corrected chi connectivity index (χ3v) is 8.28. The minimum absolute atomic E-state index is 0.0427. The van der Waals surface area contributed by atoms with Crippen molar-refractivity contribution in [2.45, 2.75) is 31.3 Å². The zero-order valence-electron chi connectivity index (χ0n) is 20.1. The molecule has 0 aromatic heterocycles. The molecule has 0 aliphatic rings.